The molecule has 2 amide bonds. The number of carboxylic acid groups (broad SMARTS) is 2. The third kappa shape index (κ3) is 9.08. The standard InChI is InChI=1S/C32H34N4O8S2/c33-17-21-9-7-11-23(15-21)29-35(27(19-45-29)43-31(39)40)25(37)13-5-3-1-2-4-6-14-26(38)36-28(44-32(41)42)20-46-30(36)24-12-8-10-22(16-24)18-34/h7-12,15-16,27-30H,1-6,13-14,19-20H2,(H,39,40)(H,41,42)/t27-,28-,29?,30?/m1/s1. The van der Waals surface area contributed by atoms with Crippen molar-refractivity contribution in [3.63, 3.8) is 0 Å². The number of thioether (sulfide) groups is 2. The molecule has 0 aliphatic carbocycles. The van der Waals surface area contributed by atoms with Crippen LogP contribution in [0.1, 0.15) is 84.4 Å². The van der Waals surface area contributed by atoms with Crippen molar-refractivity contribution in [1.29, 1.82) is 10.5 Å². The zero-order chi connectivity index (χ0) is 33.1. The summed E-state index contributed by atoms with van der Waals surface area (Å²) in [7, 11) is 0. The summed E-state index contributed by atoms with van der Waals surface area (Å²) in [5, 5.41) is 36.0. The van der Waals surface area contributed by atoms with Gasteiger partial charge in [-0.1, -0.05) is 49.9 Å². The first-order chi connectivity index (χ1) is 22.2. The van der Waals surface area contributed by atoms with Gasteiger partial charge in [-0.2, -0.15) is 10.5 Å². The minimum Gasteiger partial charge on any atom is -0.450 e. The number of nitriles is 2. The van der Waals surface area contributed by atoms with Crippen molar-refractivity contribution in [2.24, 2.45) is 0 Å². The highest BCUT2D eigenvalue weighted by molar-refractivity contribution is 8.00. The molecule has 2 aliphatic heterocycles. The van der Waals surface area contributed by atoms with Gasteiger partial charge in [0.25, 0.3) is 0 Å². The molecule has 0 spiro atoms. The number of ether oxygens (including phenoxy) is 2. The Morgan fingerprint density at radius 2 is 1.09 bits per heavy atom. The minimum atomic E-state index is -1.45. The van der Waals surface area contributed by atoms with E-state index in [0.717, 1.165) is 36.8 Å². The maximum absolute atomic E-state index is 13.2. The Labute approximate surface area is 275 Å². The Morgan fingerprint density at radius 1 is 0.696 bits per heavy atom. The van der Waals surface area contributed by atoms with E-state index in [2.05, 4.69) is 12.1 Å². The lowest BCUT2D eigenvalue weighted by molar-refractivity contribution is -0.142. The van der Waals surface area contributed by atoms with Crippen molar-refractivity contribution in [2.75, 3.05) is 11.5 Å². The molecule has 2 N–H and O–H groups in total. The van der Waals surface area contributed by atoms with Crippen LogP contribution in [0.25, 0.3) is 0 Å². The van der Waals surface area contributed by atoms with Gasteiger partial charge in [-0.05, 0) is 48.2 Å². The Hall–Kier alpha value is -4.40. The van der Waals surface area contributed by atoms with Gasteiger partial charge in [0, 0.05) is 12.8 Å². The molecular weight excluding hydrogens is 633 g/mol. The van der Waals surface area contributed by atoms with Crippen LogP contribution in [0.15, 0.2) is 48.5 Å². The van der Waals surface area contributed by atoms with E-state index in [1.54, 1.807) is 48.5 Å². The van der Waals surface area contributed by atoms with Gasteiger partial charge in [0.05, 0.1) is 34.8 Å². The third-order valence-electron chi connectivity index (χ3n) is 7.60. The van der Waals surface area contributed by atoms with Crippen molar-refractivity contribution >= 4 is 47.6 Å². The first-order valence-electron chi connectivity index (χ1n) is 14.9. The topological polar surface area (TPSA) is 181 Å². The van der Waals surface area contributed by atoms with Crippen molar-refractivity contribution in [1.82, 2.24) is 9.80 Å². The average Bonchev–Trinajstić information content (AvgIpc) is 3.65. The number of hydrogen-bond acceptors (Lipinski definition) is 10. The Balaban J connectivity index is 1.23. The fourth-order valence-electron chi connectivity index (χ4n) is 5.52. The molecule has 12 nitrogen and oxygen atoms in total. The van der Waals surface area contributed by atoms with E-state index in [1.165, 1.54) is 33.3 Å². The minimum absolute atomic E-state index is 0.217. The molecule has 14 heteroatoms. The number of amides is 2. The molecule has 4 rings (SSSR count). The van der Waals surface area contributed by atoms with E-state index in [1.807, 2.05) is 0 Å². The molecule has 2 aromatic rings. The Morgan fingerprint density at radius 3 is 1.46 bits per heavy atom. The van der Waals surface area contributed by atoms with Crippen LogP contribution in [0.5, 0.6) is 0 Å². The smallest absolute Gasteiger partial charge is 0.450 e. The van der Waals surface area contributed by atoms with Crippen molar-refractivity contribution in [3.8, 4) is 12.1 Å². The lowest BCUT2D eigenvalue weighted by Crippen LogP contribution is -2.40. The Bertz CT molecular complexity index is 1400. The number of carbonyl (C=O) groups is 4. The largest absolute Gasteiger partial charge is 0.507 e. The number of unbranched alkanes of at least 4 members (excludes halogenated alkanes) is 5. The summed E-state index contributed by atoms with van der Waals surface area (Å²) in [6, 6.07) is 18.0. The van der Waals surface area contributed by atoms with Crippen LogP contribution in [0.4, 0.5) is 9.59 Å². The second-order valence-corrected chi connectivity index (χ2v) is 13.0. The maximum atomic E-state index is 13.2. The molecule has 0 radical (unpaired) electrons. The van der Waals surface area contributed by atoms with Crippen molar-refractivity contribution in [3.05, 3.63) is 70.8 Å². The van der Waals surface area contributed by atoms with E-state index in [-0.39, 0.29) is 24.7 Å². The van der Waals surface area contributed by atoms with E-state index < -0.39 is 35.5 Å². The zero-order valence-electron chi connectivity index (χ0n) is 24.9. The predicted octanol–water partition coefficient (Wildman–Crippen LogP) is 6.44. The maximum Gasteiger partial charge on any atom is 0.507 e. The molecule has 2 heterocycles. The second-order valence-electron chi connectivity index (χ2n) is 10.7. The summed E-state index contributed by atoms with van der Waals surface area (Å²) in [4.78, 5) is 51.9. The molecular formula is C32H34N4O8S2. The summed E-state index contributed by atoms with van der Waals surface area (Å²) in [6.45, 7) is 0. The zero-order valence-corrected chi connectivity index (χ0v) is 26.6. The lowest BCUT2D eigenvalue weighted by atomic mass is 10.1. The van der Waals surface area contributed by atoms with E-state index in [4.69, 9.17) is 9.47 Å². The van der Waals surface area contributed by atoms with E-state index in [0.29, 0.717) is 35.5 Å². The summed E-state index contributed by atoms with van der Waals surface area (Å²) >= 11 is 2.79. The average molecular weight is 667 g/mol. The number of rotatable bonds is 13. The van der Waals surface area contributed by atoms with Crippen LogP contribution in [0.3, 0.4) is 0 Å². The number of nitrogens with zero attached hydrogens (tertiary/aromatic N) is 4. The molecule has 242 valence electrons. The normalized spacial score (nSPS) is 20.5. The van der Waals surface area contributed by atoms with Gasteiger partial charge < -0.3 is 19.7 Å². The molecule has 4 atom stereocenters. The second kappa shape index (κ2) is 16.8. The summed E-state index contributed by atoms with van der Waals surface area (Å²) < 4.78 is 10.0. The van der Waals surface area contributed by atoms with E-state index in [9.17, 15) is 39.9 Å². The summed E-state index contributed by atoms with van der Waals surface area (Å²) in [5.74, 6) is 0.158. The fraction of sp³-hybridized carbons (Fsp3) is 0.438. The SMILES string of the molecule is N#Cc1cccc(C2SC[C@@H](OC(=O)O)N2C(=O)CCCCCCCCC(=O)N2C(c3cccc(C#N)c3)SC[C@H]2OC(=O)O)c1. The quantitative estimate of drug-likeness (QED) is 0.177. The number of carbonyl (C=O) groups excluding carboxylic acids is 2. The van der Waals surface area contributed by atoms with Crippen LogP contribution < -0.4 is 0 Å². The molecule has 2 aromatic carbocycles. The van der Waals surface area contributed by atoms with Crippen LogP contribution >= 0.6 is 23.5 Å². The molecule has 46 heavy (non-hydrogen) atoms. The van der Waals surface area contributed by atoms with Gasteiger partial charge in [0.2, 0.25) is 11.8 Å². The third-order valence-corrected chi connectivity index (χ3v) is 10.2. The van der Waals surface area contributed by atoms with Crippen molar-refractivity contribution < 1.29 is 38.9 Å². The number of benzene rings is 2. The van der Waals surface area contributed by atoms with Gasteiger partial charge in [-0.15, -0.1) is 23.5 Å². The molecule has 0 saturated carbocycles. The molecule has 2 unspecified atom stereocenters. The van der Waals surface area contributed by atoms with Crippen molar-refractivity contribution in [2.45, 2.75) is 74.6 Å². The monoisotopic (exact) mass is 666 g/mol. The van der Waals surface area contributed by atoms with Gasteiger partial charge in [0.15, 0.2) is 12.5 Å². The van der Waals surface area contributed by atoms with Gasteiger partial charge in [0.1, 0.15) is 10.7 Å². The van der Waals surface area contributed by atoms with Crippen LogP contribution in [0, 0.1) is 22.7 Å². The molecule has 2 saturated heterocycles. The van der Waals surface area contributed by atoms with Crippen LogP contribution in [0.2, 0.25) is 0 Å². The van der Waals surface area contributed by atoms with Crippen LogP contribution in [-0.2, 0) is 19.1 Å². The molecule has 0 aromatic heterocycles. The molecule has 2 fully saturated rings. The highest BCUT2D eigenvalue weighted by atomic mass is 32.2. The summed E-state index contributed by atoms with van der Waals surface area (Å²) in [6.07, 6.45) is 0.148. The summed E-state index contributed by atoms with van der Waals surface area (Å²) in [5.41, 5.74) is 2.37. The highest BCUT2D eigenvalue weighted by Crippen LogP contribution is 2.43. The first-order valence-corrected chi connectivity index (χ1v) is 17.0. The Kier molecular flexibility index (Phi) is 12.6. The van der Waals surface area contributed by atoms with Crippen LogP contribution in [-0.4, -0.2) is 68.1 Å². The van der Waals surface area contributed by atoms with E-state index >= 15 is 0 Å². The highest BCUT2D eigenvalue weighted by Gasteiger charge is 2.41. The van der Waals surface area contributed by atoms with Gasteiger partial charge in [-0.3, -0.25) is 19.4 Å². The number of hydrogen-bond donors (Lipinski definition) is 2. The van der Waals surface area contributed by atoms with Gasteiger partial charge >= 0.3 is 12.3 Å². The lowest BCUT2D eigenvalue weighted by Gasteiger charge is -2.28. The molecule has 2 aliphatic rings. The molecule has 0 bridgehead atoms. The van der Waals surface area contributed by atoms with Gasteiger partial charge in [-0.25, -0.2) is 9.59 Å². The predicted molar refractivity (Wildman–Crippen MR) is 169 cm³/mol. The first kappa shape index (κ1) is 34.5. The fourth-order valence-corrected chi connectivity index (χ4v) is 8.18.